The predicted molar refractivity (Wildman–Crippen MR) is 73.1 cm³/mol. The molecular formula is C6H20Cl2N2O6P2. The molecule has 0 fully saturated rings. The average molecular weight is 349 g/mol. The Balaban J connectivity index is -0.000000196. The van der Waals surface area contributed by atoms with Gasteiger partial charge in [-0.1, -0.05) is 0 Å². The van der Waals surface area contributed by atoms with Crippen LogP contribution in [-0.2, 0) is 9.13 Å². The molecule has 0 aromatic heterocycles. The molecule has 0 aliphatic carbocycles. The summed E-state index contributed by atoms with van der Waals surface area (Å²) in [5.41, 5.74) is 0. The molecule has 0 aliphatic rings. The molecule has 0 unspecified atom stereocenters. The summed E-state index contributed by atoms with van der Waals surface area (Å²) >= 11 is 9.99. The zero-order valence-electron chi connectivity index (χ0n) is 10.1. The van der Waals surface area contributed by atoms with Crippen LogP contribution in [0.5, 0.6) is 0 Å². The molecular weight excluding hydrogens is 329 g/mol. The van der Waals surface area contributed by atoms with Crippen LogP contribution in [0.2, 0.25) is 0 Å². The number of hydrogen-bond donors (Lipinski definition) is 5. The lowest BCUT2D eigenvalue weighted by atomic mass is 11.0. The zero-order chi connectivity index (χ0) is 15.4. The standard InChI is InChI=1S/2C2H6ClO3P.C2H8N2/c2*3-1-2-7(4,5)6;1-4(2)3/h2*1-2H2,(H2,4,5,6);3H2,1-2H3. The van der Waals surface area contributed by atoms with Crippen molar-refractivity contribution in [3.05, 3.63) is 0 Å². The minimum atomic E-state index is -3.80. The molecule has 0 saturated carbocycles. The molecule has 114 valence electrons. The molecule has 8 nitrogen and oxygen atoms in total. The molecule has 0 aromatic rings. The van der Waals surface area contributed by atoms with Gasteiger partial charge in [-0.05, 0) is 0 Å². The Morgan fingerprint density at radius 3 is 1.11 bits per heavy atom. The Labute approximate surface area is 116 Å². The maximum Gasteiger partial charge on any atom is 0.326 e. The summed E-state index contributed by atoms with van der Waals surface area (Å²) in [6.45, 7) is 0. The smallest absolute Gasteiger partial charge is 0.324 e. The van der Waals surface area contributed by atoms with E-state index in [9.17, 15) is 9.13 Å². The minimum Gasteiger partial charge on any atom is -0.324 e. The minimum absolute atomic E-state index is 0.0181. The first-order chi connectivity index (χ1) is 7.85. The number of alkyl halides is 2. The normalized spacial score (nSPS) is 11.2. The topological polar surface area (TPSA) is 144 Å². The van der Waals surface area contributed by atoms with Crippen molar-refractivity contribution < 1.29 is 28.7 Å². The van der Waals surface area contributed by atoms with Crippen LogP contribution < -0.4 is 5.84 Å². The second-order valence-corrected chi connectivity index (χ2v) is 7.43. The van der Waals surface area contributed by atoms with Gasteiger partial charge in [0.15, 0.2) is 0 Å². The number of hydrazine groups is 1. The Hall–Kier alpha value is 0.800. The highest BCUT2D eigenvalue weighted by atomic mass is 35.5. The Morgan fingerprint density at radius 2 is 1.11 bits per heavy atom. The summed E-state index contributed by atoms with van der Waals surface area (Å²) in [6.07, 6.45) is -0.455. The van der Waals surface area contributed by atoms with Crippen molar-refractivity contribution in [3.63, 3.8) is 0 Å². The number of nitrogens with zero attached hydrogens (tertiary/aromatic N) is 1. The molecule has 6 N–H and O–H groups in total. The van der Waals surface area contributed by atoms with E-state index in [1.54, 1.807) is 14.1 Å². The second-order valence-electron chi connectivity index (χ2n) is 3.12. The first-order valence-electron chi connectivity index (χ1n) is 4.48. The molecule has 0 atom stereocenters. The van der Waals surface area contributed by atoms with Gasteiger partial charge in [-0.2, -0.15) is 0 Å². The van der Waals surface area contributed by atoms with Gasteiger partial charge in [0.25, 0.3) is 0 Å². The number of hydrogen-bond acceptors (Lipinski definition) is 4. The van der Waals surface area contributed by atoms with Crippen LogP contribution in [0.15, 0.2) is 0 Å². The van der Waals surface area contributed by atoms with E-state index in [-0.39, 0.29) is 24.1 Å². The van der Waals surface area contributed by atoms with Gasteiger partial charge in [-0.15, -0.1) is 23.2 Å². The van der Waals surface area contributed by atoms with Crippen molar-refractivity contribution in [2.45, 2.75) is 0 Å². The molecule has 18 heavy (non-hydrogen) atoms. The summed E-state index contributed by atoms with van der Waals surface area (Å²) in [5, 5.41) is 1.50. The lowest BCUT2D eigenvalue weighted by Gasteiger charge is -1.95. The summed E-state index contributed by atoms with van der Waals surface area (Å²) in [6, 6.07) is 0. The lowest BCUT2D eigenvalue weighted by molar-refractivity contribution is 0.373. The van der Waals surface area contributed by atoms with E-state index < -0.39 is 15.2 Å². The average Bonchev–Trinajstić information content (AvgIpc) is 1.97. The van der Waals surface area contributed by atoms with Gasteiger partial charge in [0.2, 0.25) is 0 Å². The summed E-state index contributed by atoms with van der Waals surface area (Å²) < 4.78 is 19.7. The monoisotopic (exact) mass is 348 g/mol. The Kier molecular flexibility index (Phi) is 17.0. The van der Waals surface area contributed by atoms with E-state index in [0.29, 0.717) is 0 Å². The van der Waals surface area contributed by atoms with Crippen LogP contribution in [0, 0.1) is 0 Å². The van der Waals surface area contributed by atoms with E-state index in [1.807, 2.05) is 0 Å². The fourth-order valence-electron chi connectivity index (χ4n) is 0.220. The van der Waals surface area contributed by atoms with Crippen molar-refractivity contribution in [1.29, 1.82) is 0 Å². The van der Waals surface area contributed by atoms with Crippen LogP contribution in [0.3, 0.4) is 0 Å². The molecule has 0 spiro atoms. The largest absolute Gasteiger partial charge is 0.326 e. The first kappa shape index (κ1) is 23.9. The van der Waals surface area contributed by atoms with E-state index in [1.165, 1.54) is 5.01 Å². The van der Waals surface area contributed by atoms with Crippen LogP contribution in [0.4, 0.5) is 0 Å². The number of rotatable bonds is 4. The van der Waals surface area contributed by atoms with Gasteiger partial charge in [0, 0.05) is 25.9 Å². The van der Waals surface area contributed by atoms with Gasteiger partial charge in [-0.3, -0.25) is 20.0 Å². The molecule has 0 aliphatic heterocycles. The highest BCUT2D eigenvalue weighted by Gasteiger charge is 2.09. The third kappa shape index (κ3) is 54.2. The summed E-state index contributed by atoms with van der Waals surface area (Å²) in [4.78, 5) is 32.2. The SMILES string of the molecule is CN(C)N.O=P(O)(O)CCCl.O=P(O)(O)CCCl. The molecule has 0 aromatic carbocycles. The molecule has 0 heterocycles. The lowest BCUT2D eigenvalue weighted by Crippen LogP contribution is -2.18. The molecule has 0 rings (SSSR count). The maximum absolute atomic E-state index is 9.84. The van der Waals surface area contributed by atoms with Crippen LogP contribution in [0.25, 0.3) is 0 Å². The fourth-order valence-corrected chi connectivity index (χ4v) is 1.98. The third-order valence-corrected chi connectivity index (χ3v) is 3.27. The number of halogens is 2. The third-order valence-electron chi connectivity index (χ3n) is 0.752. The first-order valence-corrected chi connectivity index (χ1v) is 9.15. The second kappa shape index (κ2) is 12.8. The van der Waals surface area contributed by atoms with E-state index in [2.05, 4.69) is 0 Å². The number of nitrogens with two attached hydrogens (primary N) is 1. The van der Waals surface area contributed by atoms with Crippen LogP contribution >= 0.6 is 38.4 Å². The molecule has 12 heteroatoms. The Bertz CT molecular complexity index is 242. The van der Waals surface area contributed by atoms with E-state index in [4.69, 9.17) is 48.6 Å². The fraction of sp³-hybridized carbons (Fsp3) is 1.00. The van der Waals surface area contributed by atoms with Gasteiger partial charge >= 0.3 is 15.2 Å². The Morgan fingerprint density at radius 1 is 0.944 bits per heavy atom. The highest BCUT2D eigenvalue weighted by molar-refractivity contribution is 7.52. The summed E-state index contributed by atoms with van der Waals surface area (Å²) in [5.74, 6) is 4.98. The highest BCUT2D eigenvalue weighted by Crippen LogP contribution is 2.33. The molecule has 0 radical (unpaired) electrons. The zero-order valence-corrected chi connectivity index (χ0v) is 13.4. The molecule has 0 amide bonds. The molecule has 0 saturated heterocycles. The van der Waals surface area contributed by atoms with Gasteiger partial charge in [-0.25, -0.2) is 0 Å². The molecule has 0 bridgehead atoms. The summed E-state index contributed by atoms with van der Waals surface area (Å²) in [7, 11) is -4.04. The van der Waals surface area contributed by atoms with E-state index in [0.717, 1.165) is 0 Å². The van der Waals surface area contributed by atoms with Crippen molar-refractivity contribution in [2.24, 2.45) is 5.84 Å². The van der Waals surface area contributed by atoms with Crippen molar-refractivity contribution in [3.8, 4) is 0 Å². The van der Waals surface area contributed by atoms with Crippen molar-refractivity contribution >= 4 is 38.4 Å². The van der Waals surface area contributed by atoms with Gasteiger partial charge in [0.1, 0.15) is 0 Å². The quantitative estimate of drug-likeness (QED) is 0.210. The maximum atomic E-state index is 9.84. The van der Waals surface area contributed by atoms with Crippen molar-refractivity contribution in [2.75, 3.05) is 38.2 Å². The van der Waals surface area contributed by atoms with Crippen molar-refractivity contribution in [1.82, 2.24) is 5.01 Å². The van der Waals surface area contributed by atoms with Crippen LogP contribution in [0.1, 0.15) is 0 Å². The van der Waals surface area contributed by atoms with Crippen LogP contribution in [-0.4, -0.2) is 62.8 Å². The predicted octanol–water partition coefficient (Wildman–Crippen LogP) is 0.228. The van der Waals surface area contributed by atoms with E-state index >= 15 is 0 Å². The van der Waals surface area contributed by atoms with Gasteiger partial charge < -0.3 is 19.6 Å². The van der Waals surface area contributed by atoms with Gasteiger partial charge in [0.05, 0.1) is 12.3 Å².